The number of nitrogens with two attached hydrogens (primary N) is 1. The highest BCUT2D eigenvalue weighted by molar-refractivity contribution is 6.04. The molecule has 3 N–H and O–H groups in total. The lowest BCUT2D eigenvalue weighted by Crippen LogP contribution is -2.13. The lowest BCUT2D eigenvalue weighted by Gasteiger charge is -2.08. The number of aromatic nitrogens is 1. The molecule has 98 valence electrons. The van der Waals surface area contributed by atoms with Crippen molar-refractivity contribution < 1.29 is 4.79 Å². The highest BCUT2D eigenvalue weighted by Crippen LogP contribution is 2.14. The highest BCUT2D eigenvalue weighted by Gasteiger charge is 2.08. The first-order valence-electron chi connectivity index (χ1n) is 6.21. The second-order valence-electron chi connectivity index (χ2n) is 4.38. The van der Waals surface area contributed by atoms with Gasteiger partial charge in [-0.3, -0.25) is 9.78 Å². The molecule has 0 spiro atoms. The maximum absolute atomic E-state index is 12.2. The van der Waals surface area contributed by atoms with Crippen LogP contribution in [0.5, 0.6) is 0 Å². The molecule has 19 heavy (non-hydrogen) atoms. The summed E-state index contributed by atoms with van der Waals surface area (Å²) in [5.74, 6) is -0.130. The van der Waals surface area contributed by atoms with Gasteiger partial charge in [-0.1, -0.05) is 12.1 Å². The van der Waals surface area contributed by atoms with Crippen LogP contribution in [0.15, 0.2) is 42.7 Å². The smallest absolute Gasteiger partial charge is 0.255 e. The molecule has 1 heterocycles. The van der Waals surface area contributed by atoms with Gasteiger partial charge in [0.25, 0.3) is 5.91 Å². The van der Waals surface area contributed by atoms with Gasteiger partial charge in [-0.15, -0.1) is 0 Å². The Labute approximate surface area is 112 Å². The average Bonchev–Trinajstić information content (AvgIpc) is 2.42. The van der Waals surface area contributed by atoms with E-state index in [1.165, 1.54) is 0 Å². The summed E-state index contributed by atoms with van der Waals surface area (Å²) in [4.78, 5) is 16.2. The van der Waals surface area contributed by atoms with Crippen LogP contribution in [0.1, 0.15) is 21.5 Å². The summed E-state index contributed by atoms with van der Waals surface area (Å²) in [6.07, 6.45) is 4.12. The molecule has 4 nitrogen and oxygen atoms in total. The minimum Gasteiger partial charge on any atom is -0.330 e. The number of hydrogen-bond acceptors (Lipinski definition) is 3. The molecule has 0 unspecified atom stereocenters. The molecule has 0 aliphatic rings. The Hall–Kier alpha value is -2.20. The average molecular weight is 255 g/mol. The Morgan fingerprint density at radius 3 is 2.95 bits per heavy atom. The summed E-state index contributed by atoms with van der Waals surface area (Å²) in [7, 11) is 0. The van der Waals surface area contributed by atoms with Crippen molar-refractivity contribution in [2.24, 2.45) is 5.73 Å². The van der Waals surface area contributed by atoms with Crippen molar-refractivity contribution in [1.82, 2.24) is 4.98 Å². The van der Waals surface area contributed by atoms with E-state index in [4.69, 9.17) is 5.73 Å². The number of carbonyl (C=O) groups is 1. The number of amides is 1. The summed E-state index contributed by atoms with van der Waals surface area (Å²) < 4.78 is 0. The van der Waals surface area contributed by atoms with Crippen molar-refractivity contribution in [3.05, 3.63) is 59.4 Å². The number of aryl methyl sites for hydroxylation is 1. The first-order valence-corrected chi connectivity index (χ1v) is 6.21. The lowest BCUT2D eigenvalue weighted by atomic mass is 10.1. The van der Waals surface area contributed by atoms with Crippen LogP contribution in [0.3, 0.4) is 0 Å². The summed E-state index contributed by atoms with van der Waals surface area (Å²) in [6, 6.07) is 9.37. The fraction of sp³-hybridized carbons (Fsp3) is 0.200. The van der Waals surface area contributed by atoms with E-state index in [1.807, 2.05) is 31.2 Å². The third-order valence-electron chi connectivity index (χ3n) is 2.91. The molecule has 1 amide bonds. The van der Waals surface area contributed by atoms with Crippen LogP contribution in [0, 0.1) is 6.92 Å². The molecule has 0 atom stereocenters. The molecule has 1 aromatic heterocycles. The number of nitrogens with zero attached hydrogens (tertiary/aromatic N) is 1. The van der Waals surface area contributed by atoms with Gasteiger partial charge in [0.2, 0.25) is 0 Å². The van der Waals surface area contributed by atoms with E-state index >= 15 is 0 Å². The minimum atomic E-state index is -0.130. The molecule has 0 fully saturated rings. The number of benzene rings is 1. The second-order valence-corrected chi connectivity index (χ2v) is 4.38. The maximum Gasteiger partial charge on any atom is 0.255 e. The number of nitrogens with one attached hydrogen (secondary N) is 1. The fourth-order valence-electron chi connectivity index (χ4n) is 1.82. The van der Waals surface area contributed by atoms with Gasteiger partial charge in [0, 0.05) is 11.8 Å². The fourth-order valence-corrected chi connectivity index (χ4v) is 1.82. The lowest BCUT2D eigenvalue weighted by molar-refractivity contribution is 0.102. The standard InChI is InChI=1S/C15H17N3O/c1-11-6-8-17-10-14(11)18-15(19)13-4-2-3-12(9-13)5-7-16/h2-4,6,8-10H,5,7,16H2,1H3,(H,18,19). The predicted octanol–water partition coefficient (Wildman–Crippen LogP) is 2.14. The molecule has 2 rings (SSSR count). The van der Waals surface area contributed by atoms with Crippen LogP contribution >= 0.6 is 0 Å². The number of carbonyl (C=O) groups excluding carboxylic acids is 1. The van der Waals surface area contributed by atoms with E-state index < -0.39 is 0 Å². The van der Waals surface area contributed by atoms with Crippen molar-refractivity contribution in [2.75, 3.05) is 11.9 Å². The van der Waals surface area contributed by atoms with E-state index in [2.05, 4.69) is 10.3 Å². The van der Waals surface area contributed by atoms with E-state index in [1.54, 1.807) is 18.5 Å². The second kappa shape index (κ2) is 6.11. The maximum atomic E-state index is 12.2. The van der Waals surface area contributed by atoms with Gasteiger partial charge < -0.3 is 11.1 Å². The summed E-state index contributed by atoms with van der Waals surface area (Å²) in [5.41, 5.74) is 8.94. The molecule has 0 radical (unpaired) electrons. The van der Waals surface area contributed by atoms with Crippen LogP contribution in [-0.2, 0) is 6.42 Å². The molecular weight excluding hydrogens is 238 g/mol. The molecule has 0 saturated heterocycles. The SMILES string of the molecule is Cc1ccncc1NC(=O)c1cccc(CCN)c1. The summed E-state index contributed by atoms with van der Waals surface area (Å²) >= 11 is 0. The van der Waals surface area contributed by atoms with Crippen molar-refractivity contribution in [3.63, 3.8) is 0 Å². The van der Waals surface area contributed by atoms with Crippen molar-refractivity contribution in [3.8, 4) is 0 Å². The van der Waals surface area contributed by atoms with Gasteiger partial charge in [-0.05, 0) is 49.2 Å². The van der Waals surface area contributed by atoms with Crippen LogP contribution in [0.4, 0.5) is 5.69 Å². The normalized spacial score (nSPS) is 10.2. The van der Waals surface area contributed by atoms with Gasteiger partial charge >= 0.3 is 0 Å². The molecule has 1 aromatic carbocycles. The van der Waals surface area contributed by atoms with Gasteiger partial charge in [-0.25, -0.2) is 0 Å². The van der Waals surface area contributed by atoms with Gasteiger partial charge in [-0.2, -0.15) is 0 Å². The zero-order valence-electron chi connectivity index (χ0n) is 10.9. The zero-order chi connectivity index (χ0) is 13.7. The first kappa shape index (κ1) is 13.2. The number of hydrogen-bond donors (Lipinski definition) is 2. The van der Waals surface area contributed by atoms with E-state index in [9.17, 15) is 4.79 Å². The van der Waals surface area contributed by atoms with Crippen molar-refractivity contribution >= 4 is 11.6 Å². The first-order chi connectivity index (χ1) is 9.20. The summed E-state index contributed by atoms with van der Waals surface area (Å²) in [5, 5.41) is 2.86. The zero-order valence-corrected chi connectivity index (χ0v) is 10.9. The molecule has 0 aliphatic carbocycles. The highest BCUT2D eigenvalue weighted by atomic mass is 16.1. The van der Waals surface area contributed by atoms with Crippen LogP contribution in [0.2, 0.25) is 0 Å². The van der Waals surface area contributed by atoms with Crippen molar-refractivity contribution in [1.29, 1.82) is 0 Å². The Morgan fingerprint density at radius 2 is 2.21 bits per heavy atom. The van der Waals surface area contributed by atoms with Gasteiger partial charge in [0.1, 0.15) is 0 Å². The number of pyridine rings is 1. The quantitative estimate of drug-likeness (QED) is 0.879. The molecular formula is C15H17N3O. The number of rotatable bonds is 4. The monoisotopic (exact) mass is 255 g/mol. The third kappa shape index (κ3) is 3.39. The largest absolute Gasteiger partial charge is 0.330 e. The van der Waals surface area contributed by atoms with Crippen molar-refractivity contribution in [2.45, 2.75) is 13.3 Å². The minimum absolute atomic E-state index is 0.130. The Kier molecular flexibility index (Phi) is 4.26. The topological polar surface area (TPSA) is 68.0 Å². The molecule has 0 bridgehead atoms. The van der Waals surface area contributed by atoms with Crippen LogP contribution in [0.25, 0.3) is 0 Å². The Morgan fingerprint density at radius 1 is 1.37 bits per heavy atom. The number of anilines is 1. The van der Waals surface area contributed by atoms with E-state index in [0.717, 1.165) is 23.2 Å². The summed E-state index contributed by atoms with van der Waals surface area (Å²) in [6.45, 7) is 2.51. The van der Waals surface area contributed by atoms with E-state index in [-0.39, 0.29) is 5.91 Å². The third-order valence-corrected chi connectivity index (χ3v) is 2.91. The van der Waals surface area contributed by atoms with Gasteiger partial charge in [0.15, 0.2) is 0 Å². The van der Waals surface area contributed by atoms with Gasteiger partial charge in [0.05, 0.1) is 11.9 Å². The molecule has 4 heteroatoms. The Bertz CT molecular complexity index is 581. The van der Waals surface area contributed by atoms with Crippen LogP contribution in [-0.4, -0.2) is 17.4 Å². The van der Waals surface area contributed by atoms with E-state index in [0.29, 0.717) is 12.1 Å². The molecule has 0 saturated carbocycles. The molecule has 2 aromatic rings. The Balaban J connectivity index is 2.16. The van der Waals surface area contributed by atoms with Crippen LogP contribution < -0.4 is 11.1 Å². The predicted molar refractivity (Wildman–Crippen MR) is 76.1 cm³/mol. The molecule has 0 aliphatic heterocycles.